The molecule has 2 aliphatic rings. The smallest absolute Gasteiger partial charge is 0.115 e. The molecule has 0 aromatic heterocycles. The van der Waals surface area contributed by atoms with Crippen molar-refractivity contribution in [3.05, 3.63) is 29.8 Å². The number of nitrogens with one attached hydrogen (secondary N) is 2. The highest BCUT2D eigenvalue weighted by atomic mass is 16.3. The van der Waals surface area contributed by atoms with Crippen LogP contribution in [0, 0.1) is 0 Å². The first-order valence-electron chi connectivity index (χ1n) is 6.52. The third-order valence-corrected chi connectivity index (χ3v) is 4.30. The zero-order valence-corrected chi connectivity index (χ0v) is 10.1. The average Bonchev–Trinajstić information content (AvgIpc) is 2.21. The van der Waals surface area contributed by atoms with Gasteiger partial charge in [-0.15, -0.1) is 0 Å². The standard InChI is InChI=1S/C14H20N2O/c17-13-4-2-11(3-5-13)14(6-1-7-14)10-16-12-8-15-9-12/h2-5,12,15-17H,1,6-10H2. The maximum atomic E-state index is 9.35. The molecule has 0 spiro atoms. The van der Waals surface area contributed by atoms with Gasteiger partial charge in [-0.05, 0) is 30.5 Å². The molecule has 0 amide bonds. The van der Waals surface area contributed by atoms with Crippen molar-refractivity contribution in [2.45, 2.75) is 30.7 Å². The Morgan fingerprint density at radius 3 is 2.41 bits per heavy atom. The largest absolute Gasteiger partial charge is 0.508 e. The summed E-state index contributed by atoms with van der Waals surface area (Å²) < 4.78 is 0. The Balaban J connectivity index is 1.69. The van der Waals surface area contributed by atoms with E-state index in [1.807, 2.05) is 0 Å². The van der Waals surface area contributed by atoms with Crippen molar-refractivity contribution in [1.82, 2.24) is 10.6 Å². The minimum Gasteiger partial charge on any atom is -0.508 e. The van der Waals surface area contributed by atoms with Crippen LogP contribution >= 0.6 is 0 Å². The van der Waals surface area contributed by atoms with Gasteiger partial charge in [-0.2, -0.15) is 0 Å². The Kier molecular flexibility index (Phi) is 2.81. The van der Waals surface area contributed by atoms with E-state index in [-0.39, 0.29) is 0 Å². The van der Waals surface area contributed by atoms with Crippen molar-refractivity contribution in [3.8, 4) is 5.75 Å². The minimum atomic E-state index is 0.323. The predicted molar refractivity (Wildman–Crippen MR) is 68.3 cm³/mol. The second-order valence-corrected chi connectivity index (χ2v) is 5.42. The van der Waals surface area contributed by atoms with E-state index in [1.54, 1.807) is 12.1 Å². The van der Waals surface area contributed by atoms with Crippen LogP contribution in [0.4, 0.5) is 0 Å². The molecule has 0 bridgehead atoms. The van der Waals surface area contributed by atoms with E-state index in [9.17, 15) is 5.11 Å². The first kappa shape index (κ1) is 11.1. The molecule has 1 aromatic carbocycles. The number of benzene rings is 1. The molecule has 3 N–H and O–H groups in total. The van der Waals surface area contributed by atoms with Gasteiger partial charge in [-0.3, -0.25) is 0 Å². The summed E-state index contributed by atoms with van der Waals surface area (Å²) >= 11 is 0. The molecule has 1 saturated carbocycles. The van der Waals surface area contributed by atoms with Gasteiger partial charge >= 0.3 is 0 Å². The van der Waals surface area contributed by atoms with Crippen LogP contribution in [0.5, 0.6) is 5.75 Å². The molecule has 1 saturated heterocycles. The molecular weight excluding hydrogens is 212 g/mol. The zero-order chi connectivity index (χ0) is 11.7. The van der Waals surface area contributed by atoms with Crippen LogP contribution in [-0.2, 0) is 5.41 Å². The van der Waals surface area contributed by atoms with Crippen molar-refractivity contribution in [1.29, 1.82) is 0 Å². The molecule has 0 radical (unpaired) electrons. The fourth-order valence-corrected chi connectivity index (χ4v) is 2.76. The van der Waals surface area contributed by atoms with Crippen LogP contribution < -0.4 is 10.6 Å². The minimum absolute atomic E-state index is 0.323. The van der Waals surface area contributed by atoms with Crippen LogP contribution in [0.25, 0.3) is 0 Å². The van der Waals surface area contributed by atoms with Gasteiger partial charge in [-0.1, -0.05) is 18.6 Å². The Hall–Kier alpha value is -1.06. The summed E-state index contributed by atoms with van der Waals surface area (Å²) in [5, 5.41) is 16.3. The molecule has 2 fully saturated rings. The maximum Gasteiger partial charge on any atom is 0.115 e. The number of hydrogen-bond donors (Lipinski definition) is 3. The molecule has 1 aromatic rings. The van der Waals surface area contributed by atoms with E-state index in [1.165, 1.54) is 24.8 Å². The van der Waals surface area contributed by atoms with Crippen LogP contribution in [0.3, 0.4) is 0 Å². The lowest BCUT2D eigenvalue weighted by atomic mass is 9.64. The van der Waals surface area contributed by atoms with E-state index in [4.69, 9.17) is 0 Å². The molecular formula is C14H20N2O. The van der Waals surface area contributed by atoms with Crippen molar-refractivity contribution in [3.63, 3.8) is 0 Å². The Labute approximate surface area is 102 Å². The molecule has 0 atom stereocenters. The summed E-state index contributed by atoms with van der Waals surface area (Å²) in [7, 11) is 0. The SMILES string of the molecule is Oc1ccc(C2(CNC3CNC3)CCC2)cc1. The first-order chi connectivity index (χ1) is 8.28. The van der Waals surface area contributed by atoms with Crippen molar-refractivity contribution >= 4 is 0 Å². The molecule has 1 aliphatic carbocycles. The number of hydrogen-bond acceptors (Lipinski definition) is 3. The second kappa shape index (κ2) is 4.31. The topological polar surface area (TPSA) is 44.3 Å². The first-order valence-corrected chi connectivity index (χ1v) is 6.52. The van der Waals surface area contributed by atoms with Gasteiger partial charge in [0, 0.05) is 31.1 Å². The molecule has 17 heavy (non-hydrogen) atoms. The highest BCUT2D eigenvalue weighted by Crippen LogP contribution is 2.43. The van der Waals surface area contributed by atoms with Crippen molar-refractivity contribution in [2.75, 3.05) is 19.6 Å². The Morgan fingerprint density at radius 1 is 1.24 bits per heavy atom. The van der Waals surface area contributed by atoms with Crippen LogP contribution in [-0.4, -0.2) is 30.8 Å². The van der Waals surface area contributed by atoms with Crippen LogP contribution in [0.15, 0.2) is 24.3 Å². The molecule has 3 heteroatoms. The molecule has 1 aliphatic heterocycles. The summed E-state index contributed by atoms with van der Waals surface area (Å²) in [6.45, 7) is 3.28. The number of phenolic OH excluding ortho intramolecular Hbond substituents is 1. The molecule has 3 nitrogen and oxygen atoms in total. The van der Waals surface area contributed by atoms with Crippen molar-refractivity contribution < 1.29 is 5.11 Å². The Bertz CT molecular complexity index is 380. The lowest BCUT2D eigenvalue weighted by molar-refractivity contribution is 0.213. The molecule has 3 rings (SSSR count). The summed E-state index contributed by atoms with van der Waals surface area (Å²) in [6, 6.07) is 8.43. The summed E-state index contributed by atoms with van der Waals surface area (Å²) in [5.74, 6) is 0.361. The van der Waals surface area contributed by atoms with Gasteiger partial charge in [-0.25, -0.2) is 0 Å². The van der Waals surface area contributed by atoms with E-state index in [0.717, 1.165) is 19.6 Å². The van der Waals surface area contributed by atoms with Gasteiger partial charge in [0.2, 0.25) is 0 Å². The van der Waals surface area contributed by atoms with Gasteiger partial charge < -0.3 is 15.7 Å². The fourth-order valence-electron chi connectivity index (χ4n) is 2.76. The summed E-state index contributed by atoms with van der Waals surface area (Å²) in [4.78, 5) is 0. The lowest BCUT2D eigenvalue weighted by Crippen LogP contribution is -2.58. The van der Waals surface area contributed by atoms with E-state index >= 15 is 0 Å². The average molecular weight is 232 g/mol. The molecule has 1 heterocycles. The Morgan fingerprint density at radius 2 is 1.94 bits per heavy atom. The molecule has 92 valence electrons. The number of aromatic hydroxyl groups is 1. The third-order valence-electron chi connectivity index (χ3n) is 4.30. The normalized spacial score (nSPS) is 22.8. The predicted octanol–water partition coefficient (Wildman–Crippen LogP) is 1.38. The highest BCUT2D eigenvalue weighted by molar-refractivity contribution is 5.33. The monoisotopic (exact) mass is 232 g/mol. The van der Waals surface area contributed by atoms with Crippen LogP contribution in [0.1, 0.15) is 24.8 Å². The van der Waals surface area contributed by atoms with E-state index in [0.29, 0.717) is 17.2 Å². The lowest BCUT2D eigenvalue weighted by Gasteiger charge is -2.44. The van der Waals surface area contributed by atoms with E-state index < -0.39 is 0 Å². The van der Waals surface area contributed by atoms with Gasteiger partial charge in [0.05, 0.1) is 0 Å². The zero-order valence-electron chi connectivity index (χ0n) is 10.1. The summed E-state index contributed by atoms with van der Waals surface area (Å²) in [5.41, 5.74) is 1.70. The van der Waals surface area contributed by atoms with E-state index in [2.05, 4.69) is 22.8 Å². The number of phenols is 1. The molecule has 0 unspecified atom stereocenters. The number of rotatable bonds is 4. The maximum absolute atomic E-state index is 9.35. The van der Waals surface area contributed by atoms with Gasteiger partial charge in [0.15, 0.2) is 0 Å². The second-order valence-electron chi connectivity index (χ2n) is 5.42. The van der Waals surface area contributed by atoms with Crippen LogP contribution in [0.2, 0.25) is 0 Å². The quantitative estimate of drug-likeness (QED) is 0.735. The third kappa shape index (κ3) is 2.05. The van der Waals surface area contributed by atoms with Gasteiger partial charge in [0.1, 0.15) is 5.75 Å². The van der Waals surface area contributed by atoms with Gasteiger partial charge in [0.25, 0.3) is 0 Å². The highest BCUT2D eigenvalue weighted by Gasteiger charge is 2.39. The fraction of sp³-hybridized carbons (Fsp3) is 0.571. The summed E-state index contributed by atoms with van der Waals surface area (Å²) in [6.07, 6.45) is 3.86. The van der Waals surface area contributed by atoms with Crippen molar-refractivity contribution in [2.24, 2.45) is 0 Å².